The first-order valence-corrected chi connectivity index (χ1v) is 6.06. The molecule has 3 N–H and O–H groups in total. The fourth-order valence-corrected chi connectivity index (χ4v) is 2.24. The van der Waals surface area contributed by atoms with Crippen LogP contribution in [0.25, 0.3) is 0 Å². The van der Waals surface area contributed by atoms with Crippen LogP contribution in [0.2, 0.25) is 0 Å². The number of hydrogen-bond donors (Lipinski definition) is 2. The van der Waals surface area contributed by atoms with Crippen LogP contribution in [-0.4, -0.2) is 30.1 Å². The molecule has 1 atom stereocenters. The van der Waals surface area contributed by atoms with Crippen LogP contribution >= 0.6 is 0 Å². The van der Waals surface area contributed by atoms with Gasteiger partial charge in [0.2, 0.25) is 5.91 Å². The molecular weight excluding hydrogens is 244 g/mol. The summed E-state index contributed by atoms with van der Waals surface area (Å²) in [5, 5.41) is 8.73. The Kier molecular flexibility index (Phi) is 4.67. The molecule has 0 fully saturated rings. The predicted molar refractivity (Wildman–Crippen MR) is 74.3 cm³/mol. The van der Waals surface area contributed by atoms with Crippen LogP contribution in [-0.2, 0) is 9.59 Å². The van der Waals surface area contributed by atoms with E-state index in [0.29, 0.717) is 0 Å². The molecule has 0 spiro atoms. The van der Waals surface area contributed by atoms with E-state index in [1.807, 2.05) is 32.9 Å². The lowest BCUT2D eigenvalue weighted by Crippen LogP contribution is -2.38. The Morgan fingerprint density at radius 1 is 1.26 bits per heavy atom. The molecule has 0 aliphatic carbocycles. The summed E-state index contributed by atoms with van der Waals surface area (Å²) in [5.74, 6) is -1.47. The second-order valence-electron chi connectivity index (χ2n) is 4.85. The van der Waals surface area contributed by atoms with E-state index in [1.165, 1.54) is 4.90 Å². The van der Waals surface area contributed by atoms with Gasteiger partial charge in [0.1, 0.15) is 6.04 Å². The number of carbonyl (C=O) groups is 2. The van der Waals surface area contributed by atoms with E-state index in [4.69, 9.17) is 10.8 Å². The van der Waals surface area contributed by atoms with Gasteiger partial charge in [-0.3, -0.25) is 9.59 Å². The van der Waals surface area contributed by atoms with Gasteiger partial charge in [-0.2, -0.15) is 0 Å². The van der Waals surface area contributed by atoms with Gasteiger partial charge in [0, 0.05) is 12.7 Å². The number of nitrogens with zero attached hydrogens (tertiary/aromatic N) is 1. The largest absolute Gasteiger partial charge is 0.480 e. The van der Waals surface area contributed by atoms with Gasteiger partial charge in [-0.25, -0.2) is 0 Å². The second kappa shape index (κ2) is 5.84. The van der Waals surface area contributed by atoms with Crippen LogP contribution < -0.4 is 10.6 Å². The first-order chi connectivity index (χ1) is 8.73. The van der Waals surface area contributed by atoms with Gasteiger partial charge in [-0.05, 0) is 31.9 Å². The van der Waals surface area contributed by atoms with Crippen LogP contribution in [0, 0.1) is 20.8 Å². The fourth-order valence-electron chi connectivity index (χ4n) is 2.24. The molecule has 19 heavy (non-hydrogen) atoms. The summed E-state index contributed by atoms with van der Waals surface area (Å²) in [6.07, 6.45) is -0.210. The summed E-state index contributed by atoms with van der Waals surface area (Å²) in [4.78, 5) is 24.2. The third kappa shape index (κ3) is 3.54. The average Bonchev–Trinajstić information content (AvgIpc) is 2.26. The topological polar surface area (TPSA) is 83.6 Å². The SMILES string of the molecule is Cc1cc(C)c(N(C)C(=O)CC(N)C(=O)O)c(C)c1. The smallest absolute Gasteiger partial charge is 0.321 e. The zero-order valence-electron chi connectivity index (χ0n) is 11.7. The number of nitrogens with two attached hydrogens (primary N) is 1. The molecule has 0 saturated carbocycles. The molecule has 1 unspecified atom stereocenters. The Bertz CT molecular complexity index is 488. The highest BCUT2D eigenvalue weighted by atomic mass is 16.4. The average molecular weight is 264 g/mol. The van der Waals surface area contributed by atoms with Crippen LogP contribution in [0.1, 0.15) is 23.1 Å². The van der Waals surface area contributed by atoms with Crippen molar-refractivity contribution >= 4 is 17.6 Å². The molecule has 1 amide bonds. The molecule has 104 valence electrons. The fraction of sp³-hybridized carbons (Fsp3) is 0.429. The molecule has 0 saturated heterocycles. The van der Waals surface area contributed by atoms with Gasteiger partial charge < -0.3 is 15.7 Å². The van der Waals surface area contributed by atoms with E-state index in [2.05, 4.69) is 0 Å². The molecule has 0 aliphatic rings. The van der Waals surface area contributed by atoms with Crippen molar-refractivity contribution in [3.8, 4) is 0 Å². The summed E-state index contributed by atoms with van der Waals surface area (Å²) in [6.45, 7) is 5.85. The highest BCUT2D eigenvalue weighted by Gasteiger charge is 2.21. The van der Waals surface area contributed by atoms with Crippen molar-refractivity contribution in [1.82, 2.24) is 0 Å². The number of carbonyl (C=O) groups excluding carboxylic acids is 1. The summed E-state index contributed by atoms with van der Waals surface area (Å²) in [7, 11) is 1.64. The van der Waals surface area contributed by atoms with Gasteiger partial charge in [-0.15, -0.1) is 0 Å². The number of hydrogen-bond acceptors (Lipinski definition) is 3. The zero-order valence-corrected chi connectivity index (χ0v) is 11.7. The van der Waals surface area contributed by atoms with Crippen molar-refractivity contribution in [2.24, 2.45) is 5.73 Å². The van der Waals surface area contributed by atoms with E-state index in [-0.39, 0.29) is 12.3 Å². The monoisotopic (exact) mass is 264 g/mol. The molecule has 5 nitrogen and oxygen atoms in total. The Labute approximate surface area is 113 Å². The summed E-state index contributed by atoms with van der Waals surface area (Å²) < 4.78 is 0. The van der Waals surface area contributed by atoms with Crippen molar-refractivity contribution in [2.75, 3.05) is 11.9 Å². The lowest BCUT2D eigenvalue weighted by atomic mass is 10.0. The number of aryl methyl sites for hydroxylation is 3. The van der Waals surface area contributed by atoms with Crippen molar-refractivity contribution in [3.63, 3.8) is 0 Å². The number of rotatable bonds is 4. The molecule has 0 bridgehead atoms. The summed E-state index contributed by atoms with van der Waals surface area (Å²) in [6, 6.07) is 2.81. The van der Waals surface area contributed by atoms with Gasteiger partial charge in [0.05, 0.1) is 6.42 Å². The van der Waals surface area contributed by atoms with Gasteiger partial charge >= 0.3 is 5.97 Å². The third-order valence-corrected chi connectivity index (χ3v) is 3.06. The van der Waals surface area contributed by atoms with Crippen LogP contribution in [0.3, 0.4) is 0 Å². The van der Waals surface area contributed by atoms with Crippen molar-refractivity contribution < 1.29 is 14.7 Å². The molecule has 1 rings (SSSR count). The van der Waals surface area contributed by atoms with E-state index in [1.54, 1.807) is 7.05 Å². The normalized spacial score (nSPS) is 12.1. The minimum Gasteiger partial charge on any atom is -0.480 e. The van der Waals surface area contributed by atoms with Crippen LogP contribution in [0.15, 0.2) is 12.1 Å². The number of aliphatic carboxylic acids is 1. The lowest BCUT2D eigenvalue weighted by Gasteiger charge is -2.23. The molecule has 1 aromatic rings. The molecule has 0 radical (unpaired) electrons. The first kappa shape index (κ1) is 15.2. The van der Waals surface area contributed by atoms with E-state index in [9.17, 15) is 9.59 Å². The van der Waals surface area contributed by atoms with E-state index in [0.717, 1.165) is 22.4 Å². The maximum absolute atomic E-state index is 12.0. The van der Waals surface area contributed by atoms with E-state index >= 15 is 0 Å². The Balaban J connectivity index is 2.98. The summed E-state index contributed by atoms with van der Waals surface area (Å²) in [5.41, 5.74) is 9.29. The maximum atomic E-state index is 12.0. The second-order valence-corrected chi connectivity index (χ2v) is 4.85. The number of carboxylic acid groups (broad SMARTS) is 1. The quantitative estimate of drug-likeness (QED) is 0.860. The van der Waals surface area contributed by atoms with Gasteiger partial charge in [0.25, 0.3) is 0 Å². The zero-order chi connectivity index (χ0) is 14.7. The van der Waals surface area contributed by atoms with E-state index < -0.39 is 12.0 Å². The first-order valence-electron chi connectivity index (χ1n) is 6.06. The highest BCUT2D eigenvalue weighted by molar-refractivity contribution is 5.97. The molecular formula is C14H20N2O3. The highest BCUT2D eigenvalue weighted by Crippen LogP contribution is 2.25. The van der Waals surface area contributed by atoms with Crippen molar-refractivity contribution in [1.29, 1.82) is 0 Å². The third-order valence-electron chi connectivity index (χ3n) is 3.06. The number of amides is 1. The van der Waals surface area contributed by atoms with Crippen molar-refractivity contribution in [2.45, 2.75) is 33.2 Å². The minimum absolute atomic E-state index is 0.210. The maximum Gasteiger partial charge on any atom is 0.321 e. The Morgan fingerprint density at radius 2 is 1.74 bits per heavy atom. The standard InChI is InChI=1S/C14H20N2O3/c1-8-5-9(2)13(10(3)6-8)16(4)12(17)7-11(15)14(18)19/h5-6,11H,7,15H2,1-4H3,(H,18,19). The molecule has 1 aromatic carbocycles. The summed E-state index contributed by atoms with van der Waals surface area (Å²) >= 11 is 0. The van der Waals surface area contributed by atoms with Crippen LogP contribution in [0.4, 0.5) is 5.69 Å². The Hall–Kier alpha value is -1.88. The number of anilines is 1. The molecule has 0 aliphatic heterocycles. The minimum atomic E-state index is -1.17. The number of carboxylic acids is 1. The predicted octanol–water partition coefficient (Wildman–Crippen LogP) is 1.38. The lowest BCUT2D eigenvalue weighted by molar-refractivity contribution is -0.140. The molecule has 5 heteroatoms. The van der Waals surface area contributed by atoms with Gasteiger partial charge in [0.15, 0.2) is 0 Å². The van der Waals surface area contributed by atoms with Crippen LogP contribution in [0.5, 0.6) is 0 Å². The molecule has 0 aromatic heterocycles. The van der Waals surface area contributed by atoms with Crippen molar-refractivity contribution in [3.05, 3.63) is 28.8 Å². The molecule has 0 heterocycles. The Morgan fingerprint density at radius 3 is 2.16 bits per heavy atom. The van der Waals surface area contributed by atoms with Gasteiger partial charge in [-0.1, -0.05) is 17.7 Å². The number of benzene rings is 1.